The fraction of sp³-hybridized carbons (Fsp3) is 0.590. The second kappa shape index (κ2) is 26.7. The number of ether oxygens (including phenoxy) is 2. The van der Waals surface area contributed by atoms with Crippen LogP contribution in [0.25, 0.3) is 0 Å². The minimum absolute atomic E-state index is 0.155. The van der Waals surface area contributed by atoms with Crippen molar-refractivity contribution in [3.05, 3.63) is 141 Å². The molecule has 11 rings (SSSR count). The zero-order chi connectivity index (χ0) is 58.5. The molecule has 6 fully saturated rings. The number of methoxy groups -OCH3 is 2. The summed E-state index contributed by atoms with van der Waals surface area (Å²) in [5.74, 6) is 1.74. The molecule has 6 saturated carbocycles. The summed E-state index contributed by atoms with van der Waals surface area (Å²) in [6.07, 6.45) is 36.7. The highest BCUT2D eigenvalue weighted by molar-refractivity contribution is 6.07. The third kappa shape index (κ3) is 13.1. The molecule has 0 amide bonds. The first-order valence-corrected chi connectivity index (χ1v) is 34.2. The smallest absolute Gasteiger partial charge is 0.340 e. The molecule has 0 saturated heterocycles. The molecule has 6 nitrogen and oxygen atoms in total. The zero-order valence-corrected chi connectivity index (χ0v) is 53.3. The van der Waals surface area contributed by atoms with Gasteiger partial charge in [0, 0.05) is 11.4 Å². The van der Waals surface area contributed by atoms with E-state index in [9.17, 15) is 0 Å². The lowest BCUT2D eigenvalue weighted by Crippen LogP contribution is -2.25. The third-order valence-corrected chi connectivity index (χ3v) is 21.5. The van der Waals surface area contributed by atoms with Gasteiger partial charge in [0.15, 0.2) is 0 Å². The number of anilines is 6. The molecule has 84 heavy (non-hydrogen) atoms. The zero-order valence-electron chi connectivity index (χ0n) is 53.3. The van der Waals surface area contributed by atoms with Crippen LogP contribution in [0.1, 0.15) is 335 Å². The number of hydrogen-bond donors (Lipinski definition) is 0. The van der Waals surface area contributed by atoms with Crippen molar-refractivity contribution < 1.29 is 19.1 Å². The largest absolute Gasteiger partial charge is 0.465 e. The normalized spacial score (nSPS) is 19.7. The van der Waals surface area contributed by atoms with Gasteiger partial charge in [0.05, 0.1) is 48.1 Å². The van der Waals surface area contributed by atoms with E-state index in [2.05, 4.69) is 136 Å². The van der Waals surface area contributed by atoms with Crippen LogP contribution in [0.3, 0.4) is 0 Å². The van der Waals surface area contributed by atoms with Gasteiger partial charge in [-0.05, 0) is 204 Å². The van der Waals surface area contributed by atoms with Crippen LogP contribution in [0.4, 0.5) is 34.1 Å². The number of benzene rings is 5. The molecule has 0 radical (unpaired) electrons. The standard InChI is InChI=1S/C78H104N2O4/c1-77(2,3)61-41-27-43-63(49-61)79(73-65(55-33-19-11-20-34-55)45-59(53-29-15-9-16-30-53)46-66(73)56-35-21-12-22-36-56)71-51-70(76(82)84-8)72(52-69(71)75(81)83-7)80(64-44-28-42-62(50-64)78(4,5)6)74-67(57-37-23-13-24-38-57)47-60(54-31-17-10-18-32-54)48-68(74)58-39-25-14-26-40-58/h27-28,41-58H,9-26,29-40H2,1-8H3. The van der Waals surface area contributed by atoms with Crippen LogP contribution in [0.15, 0.2) is 84.9 Å². The van der Waals surface area contributed by atoms with Crippen LogP contribution in [-0.4, -0.2) is 26.2 Å². The number of carbonyl (C=O) groups is 2. The Hall–Kier alpha value is -5.36. The van der Waals surface area contributed by atoms with E-state index >= 15 is 9.59 Å². The number of esters is 2. The van der Waals surface area contributed by atoms with Gasteiger partial charge in [-0.15, -0.1) is 0 Å². The summed E-state index contributed by atoms with van der Waals surface area (Å²) < 4.78 is 12.3. The van der Waals surface area contributed by atoms with Gasteiger partial charge >= 0.3 is 11.9 Å². The first-order chi connectivity index (χ1) is 40.7. The van der Waals surface area contributed by atoms with Crippen LogP contribution < -0.4 is 9.80 Å². The second-order valence-electron chi connectivity index (χ2n) is 29.2. The highest BCUT2D eigenvalue weighted by Gasteiger charge is 2.38. The lowest BCUT2D eigenvalue weighted by atomic mass is 9.74. The monoisotopic (exact) mass is 1130 g/mol. The summed E-state index contributed by atoms with van der Waals surface area (Å²) in [6, 6.07) is 33.0. The first-order valence-electron chi connectivity index (χ1n) is 34.2. The number of hydrogen-bond acceptors (Lipinski definition) is 6. The Balaban J connectivity index is 1.26. The molecule has 5 aromatic carbocycles. The van der Waals surface area contributed by atoms with Crippen molar-refractivity contribution in [1.29, 1.82) is 0 Å². The molecule has 0 aliphatic heterocycles. The molecule has 6 aliphatic carbocycles. The average molecular weight is 1130 g/mol. The SMILES string of the molecule is COC(=O)c1cc(N(c2cccc(C(C)(C)C)c2)c2c(C3CCCCC3)cc(C3CCCCC3)cc2C2CCCCC2)c(C(=O)OC)cc1N(c1cccc(C(C)(C)C)c1)c1c(C2CCCCC2)cc(C2CCCCC2)cc1C1CCCCC1. The van der Waals surface area contributed by atoms with E-state index in [1.165, 1.54) is 197 Å². The van der Waals surface area contributed by atoms with Crippen LogP contribution in [0.5, 0.6) is 0 Å². The maximum absolute atomic E-state index is 15.7. The summed E-state index contributed by atoms with van der Waals surface area (Å²) in [5, 5.41) is 0. The van der Waals surface area contributed by atoms with Gasteiger partial charge in [0.1, 0.15) is 0 Å². The van der Waals surface area contributed by atoms with Gasteiger partial charge in [0.25, 0.3) is 0 Å². The summed E-state index contributed by atoms with van der Waals surface area (Å²) in [7, 11) is 3.09. The second-order valence-corrected chi connectivity index (χ2v) is 29.2. The fourth-order valence-electron chi connectivity index (χ4n) is 16.7. The molecular weight excluding hydrogens is 1030 g/mol. The van der Waals surface area contributed by atoms with Crippen LogP contribution >= 0.6 is 0 Å². The lowest BCUT2D eigenvalue weighted by Gasteiger charge is -2.40. The molecule has 0 bridgehead atoms. The predicted octanol–water partition coefficient (Wildman–Crippen LogP) is 23.1. The van der Waals surface area contributed by atoms with Crippen molar-refractivity contribution in [2.24, 2.45) is 0 Å². The quantitative estimate of drug-likeness (QED) is 0.103. The highest BCUT2D eigenvalue weighted by Crippen LogP contribution is 2.56. The van der Waals surface area contributed by atoms with Crippen molar-refractivity contribution >= 4 is 46.1 Å². The lowest BCUT2D eigenvalue weighted by molar-refractivity contribution is 0.0588. The summed E-state index contributed by atoms with van der Waals surface area (Å²) >= 11 is 0. The first kappa shape index (κ1) is 60.3. The molecule has 6 heteroatoms. The van der Waals surface area contributed by atoms with Gasteiger partial charge in [0.2, 0.25) is 0 Å². The molecular formula is C78H104N2O4. The Morgan fingerprint density at radius 2 is 0.619 bits per heavy atom. The molecule has 450 valence electrons. The minimum Gasteiger partial charge on any atom is -0.465 e. The van der Waals surface area contributed by atoms with Gasteiger partial charge in [-0.2, -0.15) is 0 Å². The molecule has 5 aromatic rings. The van der Waals surface area contributed by atoms with E-state index in [-0.39, 0.29) is 10.8 Å². The van der Waals surface area contributed by atoms with Crippen molar-refractivity contribution in [3.63, 3.8) is 0 Å². The van der Waals surface area contributed by atoms with Gasteiger partial charge in [-0.1, -0.05) is 206 Å². The highest BCUT2D eigenvalue weighted by atomic mass is 16.5. The van der Waals surface area contributed by atoms with Crippen molar-refractivity contribution in [2.45, 2.75) is 281 Å². The summed E-state index contributed by atoms with van der Waals surface area (Å²) in [5.41, 5.74) is 17.6. The molecule has 0 N–H and O–H groups in total. The maximum Gasteiger partial charge on any atom is 0.340 e. The van der Waals surface area contributed by atoms with Crippen LogP contribution in [0.2, 0.25) is 0 Å². The number of nitrogens with zero attached hydrogens (tertiary/aromatic N) is 2. The van der Waals surface area contributed by atoms with Crippen molar-refractivity contribution in [3.8, 4) is 0 Å². The fourth-order valence-corrected chi connectivity index (χ4v) is 16.7. The Bertz CT molecular complexity index is 2780. The molecule has 6 aliphatic rings. The van der Waals surface area contributed by atoms with Crippen LogP contribution in [-0.2, 0) is 20.3 Å². The van der Waals surface area contributed by atoms with Gasteiger partial charge in [-0.25, -0.2) is 9.59 Å². The van der Waals surface area contributed by atoms with Crippen molar-refractivity contribution in [1.82, 2.24) is 0 Å². The summed E-state index contributed by atoms with van der Waals surface area (Å²) in [6.45, 7) is 13.8. The van der Waals surface area contributed by atoms with E-state index in [1.54, 1.807) is 14.2 Å². The third-order valence-electron chi connectivity index (χ3n) is 21.5. The Labute approximate surface area is 507 Å². The van der Waals surface area contributed by atoms with E-state index in [0.717, 1.165) is 62.7 Å². The Morgan fingerprint density at radius 1 is 0.357 bits per heavy atom. The summed E-state index contributed by atoms with van der Waals surface area (Å²) in [4.78, 5) is 36.4. The maximum atomic E-state index is 15.7. The van der Waals surface area contributed by atoms with E-state index in [4.69, 9.17) is 9.47 Å². The predicted molar refractivity (Wildman–Crippen MR) is 351 cm³/mol. The van der Waals surface area contributed by atoms with E-state index in [1.807, 2.05) is 0 Å². The van der Waals surface area contributed by atoms with Crippen LogP contribution in [0, 0.1) is 0 Å². The molecule has 0 spiro atoms. The number of carbonyl (C=O) groups excluding carboxylic acids is 2. The van der Waals surface area contributed by atoms with Gasteiger partial charge in [-0.3, -0.25) is 0 Å². The van der Waals surface area contributed by atoms with E-state index in [0.29, 0.717) is 58.0 Å². The molecule has 0 aromatic heterocycles. The molecule has 0 unspecified atom stereocenters. The molecule has 0 heterocycles. The average Bonchev–Trinajstić information content (AvgIpc) is 1.28. The van der Waals surface area contributed by atoms with Crippen molar-refractivity contribution in [2.75, 3.05) is 24.0 Å². The Kier molecular flexibility index (Phi) is 19.2. The molecule has 0 atom stereocenters. The minimum atomic E-state index is -0.409. The van der Waals surface area contributed by atoms with E-state index < -0.39 is 11.9 Å². The Morgan fingerprint density at radius 3 is 0.869 bits per heavy atom. The van der Waals surface area contributed by atoms with Gasteiger partial charge < -0.3 is 19.3 Å². The topological polar surface area (TPSA) is 59.1 Å². The number of rotatable bonds is 14.